The zero-order chi connectivity index (χ0) is 9.72. The molecule has 0 rings (SSSR count). The molecule has 0 saturated carbocycles. The van der Waals surface area contributed by atoms with Gasteiger partial charge in [-0.2, -0.15) is 0 Å². The zero-order valence-electron chi connectivity index (χ0n) is 6.68. The Kier molecular flexibility index (Phi) is 4.24. The van der Waals surface area contributed by atoms with Crippen molar-refractivity contribution in [1.29, 1.82) is 0 Å². The van der Waals surface area contributed by atoms with Gasteiger partial charge in [0.05, 0.1) is 7.11 Å². The van der Waals surface area contributed by atoms with Crippen LogP contribution in [0.1, 0.15) is 0 Å². The molecule has 0 amide bonds. The highest BCUT2D eigenvalue weighted by Gasteiger charge is 2.32. The molecule has 2 N–H and O–H groups in total. The lowest BCUT2D eigenvalue weighted by molar-refractivity contribution is -0.170. The molecule has 0 heterocycles. The van der Waals surface area contributed by atoms with E-state index in [2.05, 4.69) is 9.47 Å². The monoisotopic (exact) mass is 178 g/mol. The van der Waals surface area contributed by atoms with E-state index in [1.165, 1.54) is 0 Å². The third kappa shape index (κ3) is 2.48. The molecular weight excluding hydrogens is 168 g/mol. The summed E-state index contributed by atoms with van der Waals surface area (Å²) in [5, 5.41) is 17.4. The Labute approximate surface area is 68.7 Å². The topological polar surface area (TPSA) is 93.1 Å². The Morgan fingerprint density at radius 1 is 1.33 bits per heavy atom. The predicted molar refractivity (Wildman–Crippen MR) is 36.5 cm³/mol. The van der Waals surface area contributed by atoms with E-state index in [4.69, 9.17) is 10.2 Å². The van der Waals surface area contributed by atoms with Gasteiger partial charge in [-0.15, -0.1) is 0 Å². The van der Waals surface area contributed by atoms with E-state index in [1.807, 2.05) is 0 Å². The number of esters is 1. The van der Waals surface area contributed by atoms with Crippen molar-refractivity contribution in [2.45, 2.75) is 12.2 Å². The van der Waals surface area contributed by atoms with Gasteiger partial charge in [0, 0.05) is 7.11 Å². The molecule has 0 aliphatic heterocycles. The van der Waals surface area contributed by atoms with E-state index in [-0.39, 0.29) is 0 Å². The van der Waals surface area contributed by atoms with Crippen molar-refractivity contribution < 1.29 is 29.3 Å². The van der Waals surface area contributed by atoms with Crippen LogP contribution in [0.15, 0.2) is 0 Å². The van der Waals surface area contributed by atoms with Crippen molar-refractivity contribution in [2.24, 2.45) is 0 Å². The molecule has 0 radical (unpaired) electrons. The van der Waals surface area contributed by atoms with E-state index < -0.39 is 24.1 Å². The van der Waals surface area contributed by atoms with Gasteiger partial charge in [0.2, 0.25) is 0 Å². The Balaban J connectivity index is 4.30. The molecular formula is C6H10O6. The van der Waals surface area contributed by atoms with Crippen LogP contribution in [-0.2, 0) is 19.1 Å². The molecule has 0 fully saturated rings. The summed E-state index contributed by atoms with van der Waals surface area (Å²) in [7, 11) is 2.12. The predicted octanol–water partition coefficient (Wildman–Crippen LogP) is -1.38. The maximum Gasteiger partial charge on any atom is 0.338 e. The number of hydrogen-bond donors (Lipinski definition) is 2. The first-order chi connectivity index (χ1) is 5.54. The van der Waals surface area contributed by atoms with E-state index in [0.29, 0.717) is 0 Å². The van der Waals surface area contributed by atoms with Gasteiger partial charge in [0.15, 0.2) is 12.2 Å². The van der Waals surface area contributed by atoms with Crippen LogP contribution in [-0.4, -0.2) is 48.6 Å². The molecule has 0 aromatic heterocycles. The molecule has 0 aromatic carbocycles. The van der Waals surface area contributed by atoms with Crippen molar-refractivity contribution in [1.82, 2.24) is 0 Å². The van der Waals surface area contributed by atoms with Gasteiger partial charge >= 0.3 is 11.9 Å². The number of methoxy groups -OCH3 is 2. The van der Waals surface area contributed by atoms with Crippen LogP contribution in [0.3, 0.4) is 0 Å². The molecule has 0 saturated heterocycles. The Morgan fingerprint density at radius 3 is 2.08 bits per heavy atom. The lowest BCUT2D eigenvalue weighted by Crippen LogP contribution is -2.41. The molecule has 0 spiro atoms. The Morgan fingerprint density at radius 2 is 1.83 bits per heavy atom. The number of hydrogen-bond acceptors (Lipinski definition) is 5. The van der Waals surface area contributed by atoms with Crippen molar-refractivity contribution in [2.75, 3.05) is 14.2 Å². The normalized spacial score (nSPS) is 14.9. The molecule has 0 unspecified atom stereocenters. The van der Waals surface area contributed by atoms with E-state index in [9.17, 15) is 9.59 Å². The first-order valence-corrected chi connectivity index (χ1v) is 3.06. The van der Waals surface area contributed by atoms with Crippen molar-refractivity contribution in [3.63, 3.8) is 0 Å². The first-order valence-electron chi connectivity index (χ1n) is 3.06. The van der Waals surface area contributed by atoms with Crippen molar-refractivity contribution in [3.05, 3.63) is 0 Å². The number of ether oxygens (including phenoxy) is 2. The van der Waals surface area contributed by atoms with Gasteiger partial charge in [-0.25, -0.2) is 9.59 Å². The van der Waals surface area contributed by atoms with Crippen molar-refractivity contribution in [3.8, 4) is 0 Å². The number of carboxylic acid groups (broad SMARTS) is 1. The molecule has 0 aromatic rings. The second-order valence-electron chi connectivity index (χ2n) is 1.96. The number of aliphatic hydroxyl groups is 1. The van der Waals surface area contributed by atoms with Crippen LogP contribution in [0.2, 0.25) is 0 Å². The van der Waals surface area contributed by atoms with Gasteiger partial charge in [0.1, 0.15) is 0 Å². The molecule has 0 aliphatic rings. The Bertz CT molecular complexity index is 177. The number of aliphatic carboxylic acids is 1. The third-order valence-corrected chi connectivity index (χ3v) is 1.23. The molecule has 6 nitrogen and oxygen atoms in total. The molecule has 70 valence electrons. The maximum atomic E-state index is 10.6. The van der Waals surface area contributed by atoms with Crippen LogP contribution in [0, 0.1) is 0 Å². The SMILES string of the molecule is COC(=O)[C@@H](O)[C@@H](OC)C(=O)O. The number of carboxylic acids is 1. The van der Waals surface area contributed by atoms with Crippen LogP contribution in [0.25, 0.3) is 0 Å². The maximum absolute atomic E-state index is 10.6. The van der Waals surface area contributed by atoms with Gasteiger partial charge in [0.25, 0.3) is 0 Å². The van der Waals surface area contributed by atoms with E-state index in [0.717, 1.165) is 14.2 Å². The van der Waals surface area contributed by atoms with Crippen molar-refractivity contribution >= 4 is 11.9 Å². The summed E-state index contributed by atoms with van der Waals surface area (Å²) in [5.74, 6) is -2.46. The van der Waals surface area contributed by atoms with Gasteiger partial charge in [-0.05, 0) is 0 Å². The van der Waals surface area contributed by atoms with E-state index in [1.54, 1.807) is 0 Å². The average Bonchev–Trinajstić information content (AvgIpc) is 2.03. The fourth-order valence-corrected chi connectivity index (χ4v) is 0.609. The molecule has 2 atom stereocenters. The number of carbonyl (C=O) groups excluding carboxylic acids is 1. The average molecular weight is 178 g/mol. The highest BCUT2D eigenvalue weighted by Crippen LogP contribution is 2.00. The fraction of sp³-hybridized carbons (Fsp3) is 0.667. The van der Waals surface area contributed by atoms with Crippen LogP contribution in [0.5, 0.6) is 0 Å². The fourth-order valence-electron chi connectivity index (χ4n) is 0.609. The lowest BCUT2D eigenvalue weighted by atomic mass is 10.2. The minimum absolute atomic E-state index is 1.04. The first kappa shape index (κ1) is 10.9. The number of rotatable bonds is 4. The Hall–Kier alpha value is -1.14. The largest absolute Gasteiger partial charge is 0.479 e. The quantitative estimate of drug-likeness (QED) is 0.515. The van der Waals surface area contributed by atoms with Gasteiger partial charge in [-0.3, -0.25) is 0 Å². The summed E-state index contributed by atoms with van der Waals surface area (Å²) < 4.78 is 8.46. The smallest absolute Gasteiger partial charge is 0.338 e. The van der Waals surface area contributed by atoms with Gasteiger partial charge < -0.3 is 19.7 Å². The standard InChI is InChI=1S/C6H10O6/c1-11-4(5(8)9)3(7)6(10)12-2/h3-4,7H,1-2H3,(H,8,9)/t3-,4+/m0/s1. The van der Waals surface area contributed by atoms with Crippen LogP contribution < -0.4 is 0 Å². The van der Waals surface area contributed by atoms with Gasteiger partial charge in [-0.1, -0.05) is 0 Å². The minimum atomic E-state index is -1.79. The summed E-state index contributed by atoms with van der Waals surface area (Å²) in [6, 6.07) is 0. The number of aliphatic hydroxyl groups excluding tert-OH is 1. The molecule has 0 aliphatic carbocycles. The molecule has 6 heteroatoms. The second-order valence-corrected chi connectivity index (χ2v) is 1.96. The van der Waals surface area contributed by atoms with Crippen LogP contribution >= 0.6 is 0 Å². The van der Waals surface area contributed by atoms with Crippen LogP contribution in [0.4, 0.5) is 0 Å². The minimum Gasteiger partial charge on any atom is -0.479 e. The highest BCUT2D eigenvalue weighted by molar-refractivity contribution is 5.84. The molecule has 12 heavy (non-hydrogen) atoms. The summed E-state index contributed by atoms with van der Waals surface area (Å²) in [4.78, 5) is 20.9. The second kappa shape index (κ2) is 4.68. The summed E-state index contributed by atoms with van der Waals surface area (Å²) >= 11 is 0. The van der Waals surface area contributed by atoms with E-state index >= 15 is 0 Å². The highest BCUT2D eigenvalue weighted by atomic mass is 16.6. The third-order valence-electron chi connectivity index (χ3n) is 1.23. The summed E-state index contributed by atoms with van der Waals surface area (Å²) in [5.41, 5.74) is 0. The summed E-state index contributed by atoms with van der Waals surface area (Å²) in [6.45, 7) is 0. The zero-order valence-corrected chi connectivity index (χ0v) is 6.68. The molecule has 0 bridgehead atoms. The lowest BCUT2D eigenvalue weighted by Gasteiger charge is -2.14. The number of carbonyl (C=O) groups is 2. The summed E-state index contributed by atoms with van der Waals surface area (Å²) in [6.07, 6.45) is -3.38.